The van der Waals surface area contributed by atoms with E-state index >= 15 is 0 Å². The number of halogens is 4. The molecule has 0 radical (unpaired) electrons. The fourth-order valence-corrected chi connectivity index (χ4v) is 5.00. The van der Waals surface area contributed by atoms with Gasteiger partial charge in [-0.1, -0.05) is 44.0 Å². The van der Waals surface area contributed by atoms with E-state index in [1.165, 1.54) is 12.1 Å². The summed E-state index contributed by atoms with van der Waals surface area (Å²) in [4.78, 5) is 0. The number of hydrogen-bond donors (Lipinski definition) is 0. The van der Waals surface area contributed by atoms with Crippen LogP contribution in [0.3, 0.4) is 0 Å². The van der Waals surface area contributed by atoms with Gasteiger partial charge in [0.2, 0.25) is 0 Å². The summed E-state index contributed by atoms with van der Waals surface area (Å²) in [5, 5.41) is 0.954. The Balaban J connectivity index is 1.46. The lowest BCUT2D eigenvalue weighted by molar-refractivity contribution is 0.376. The fourth-order valence-electron chi connectivity index (χ4n) is 5.00. The summed E-state index contributed by atoms with van der Waals surface area (Å²) in [7, 11) is 0. The van der Waals surface area contributed by atoms with Crippen LogP contribution in [-0.4, -0.2) is 0 Å². The number of benzene rings is 3. The van der Waals surface area contributed by atoms with Crippen LogP contribution >= 0.6 is 0 Å². The average molecular weight is 429 g/mol. The molecule has 0 atom stereocenters. The first kappa shape index (κ1) is 21.9. The monoisotopic (exact) mass is 428 g/mol. The second-order valence-electron chi connectivity index (χ2n) is 8.82. The standard InChI is InChI=1S/C27H28F4/c1-2-3-4-5-17-14-24(29)26(25(30)15-17)19-8-6-18(7-9-19)20-10-12-22-21(16-20)11-13-23(28)27(22)31/h10-16,18-19H,2-9H2,1H3. The van der Waals surface area contributed by atoms with Crippen LogP contribution in [0.4, 0.5) is 17.6 Å². The Labute approximate surface area is 181 Å². The number of hydrogen-bond acceptors (Lipinski definition) is 0. The van der Waals surface area contributed by atoms with Gasteiger partial charge in [0, 0.05) is 10.9 Å². The minimum atomic E-state index is -0.846. The van der Waals surface area contributed by atoms with Crippen molar-refractivity contribution in [2.45, 2.75) is 70.1 Å². The van der Waals surface area contributed by atoms with Crippen LogP contribution in [0.2, 0.25) is 0 Å². The van der Waals surface area contributed by atoms with Crippen LogP contribution in [0.1, 0.15) is 80.4 Å². The minimum absolute atomic E-state index is 0.118. The topological polar surface area (TPSA) is 0 Å². The molecule has 0 saturated heterocycles. The van der Waals surface area contributed by atoms with Crippen LogP contribution in [0, 0.1) is 23.3 Å². The lowest BCUT2D eigenvalue weighted by Gasteiger charge is -2.30. The molecule has 0 aliphatic heterocycles. The molecule has 0 bridgehead atoms. The molecule has 0 heterocycles. The van der Waals surface area contributed by atoms with Crippen molar-refractivity contribution >= 4 is 10.8 Å². The Bertz CT molecular complexity index is 1040. The van der Waals surface area contributed by atoms with Gasteiger partial charge < -0.3 is 0 Å². The van der Waals surface area contributed by atoms with Gasteiger partial charge in [-0.05, 0) is 85.1 Å². The molecule has 4 rings (SSSR count). The van der Waals surface area contributed by atoms with Crippen LogP contribution < -0.4 is 0 Å². The Morgan fingerprint density at radius 2 is 1.42 bits per heavy atom. The highest BCUT2D eigenvalue weighted by atomic mass is 19.2. The molecular formula is C27H28F4. The molecule has 1 aliphatic rings. The van der Waals surface area contributed by atoms with Gasteiger partial charge in [-0.3, -0.25) is 0 Å². The predicted octanol–water partition coefficient (Wildman–Crippen LogP) is 8.57. The largest absolute Gasteiger partial charge is 0.207 e. The summed E-state index contributed by atoms with van der Waals surface area (Å²) in [6.45, 7) is 2.11. The van der Waals surface area contributed by atoms with Gasteiger partial charge >= 0.3 is 0 Å². The van der Waals surface area contributed by atoms with Crippen LogP contribution in [0.5, 0.6) is 0 Å². The molecule has 4 heteroatoms. The highest BCUT2D eigenvalue weighted by Gasteiger charge is 2.28. The van der Waals surface area contributed by atoms with Crippen molar-refractivity contribution in [1.29, 1.82) is 0 Å². The van der Waals surface area contributed by atoms with E-state index in [9.17, 15) is 17.6 Å². The molecule has 0 N–H and O–H groups in total. The van der Waals surface area contributed by atoms with E-state index in [2.05, 4.69) is 6.92 Å². The van der Waals surface area contributed by atoms with E-state index < -0.39 is 23.3 Å². The molecule has 3 aromatic carbocycles. The van der Waals surface area contributed by atoms with Crippen molar-refractivity contribution < 1.29 is 17.6 Å². The highest BCUT2D eigenvalue weighted by Crippen LogP contribution is 2.42. The second-order valence-corrected chi connectivity index (χ2v) is 8.82. The summed E-state index contributed by atoms with van der Waals surface area (Å²) in [6, 6.07) is 11.2. The average Bonchev–Trinajstić information content (AvgIpc) is 2.76. The van der Waals surface area contributed by atoms with Crippen molar-refractivity contribution in [3.8, 4) is 0 Å². The van der Waals surface area contributed by atoms with Gasteiger partial charge in [0.05, 0.1) is 0 Å². The first-order valence-electron chi connectivity index (χ1n) is 11.3. The Kier molecular flexibility index (Phi) is 6.64. The van der Waals surface area contributed by atoms with Gasteiger partial charge in [-0.25, -0.2) is 17.6 Å². The lowest BCUT2D eigenvalue weighted by Crippen LogP contribution is -2.15. The third kappa shape index (κ3) is 4.63. The van der Waals surface area contributed by atoms with E-state index in [1.54, 1.807) is 12.1 Å². The molecule has 0 aromatic heterocycles. The first-order chi connectivity index (χ1) is 15.0. The molecule has 31 heavy (non-hydrogen) atoms. The molecule has 0 nitrogen and oxygen atoms in total. The maximum atomic E-state index is 14.8. The van der Waals surface area contributed by atoms with Crippen molar-refractivity contribution in [1.82, 2.24) is 0 Å². The number of fused-ring (bicyclic) bond motifs is 1. The number of unbranched alkanes of at least 4 members (excludes halogenated alkanes) is 2. The van der Waals surface area contributed by atoms with Crippen molar-refractivity contribution in [3.05, 3.63) is 82.4 Å². The Morgan fingerprint density at radius 3 is 2.10 bits per heavy atom. The van der Waals surface area contributed by atoms with E-state index in [4.69, 9.17) is 0 Å². The summed E-state index contributed by atoms with van der Waals surface area (Å²) in [6.07, 6.45) is 6.85. The maximum absolute atomic E-state index is 14.8. The van der Waals surface area contributed by atoms with Gasteiger partial charge in [0.15, 0.2) is 11.6 Å². The third-order valence-electron chi connectivity index (χ3n) is 6.75. The molecule has 0 amide bonds. The molecule has 0 unspecified atom stereocenters. The zero-order chi connectivity index (χ0) is 22.0. The van der Waals surface area contributed by atoms with E-state index in [1.807, 2.05) is 12.1 Å². The molecular weight excluding hydrogens is 400 g/mol. The molecule has 1 saturated carbocycles. The maximum Gasteiger partial charge on any atom is 0.166 e. The normalized spacial score (nSPS) is 19.1. The van der Waals surface area contributed by atoms with Crippen LogP contribution in [0.25, 0.3) is 10.8 Å². The lowest BCUT2D eigenvalue weighted by atomic mass is 9.75. The van der Waals surface area contributed by atoms with E-state index in [0.29, 0.717) is 24.6 Å². The number of rotatable bonds is 6. The van der Waals surface area contributed by atoms with Gasteiger partial charge in [-0.15, -0.1) is 0 Å². The van der Waals surface area contributed by atoms with E-state index in [0.717, 1.165) is 49.3 Å². The highest BCUT2D eigenvalue weighted by molar-refractivity contribution is 5.84. The van der Waals surface area contributed by atoms with Crippen LogP contribution in [0.15, 0.2) is 42.5 Å². The second kappa shape index (κ2) is 9.42. The van der Waals surface area contributed by atoms with Crippen molar-refractivity contribution in [2.24, 2.45) is 0 Å². The molecule has 1 aliphatic carbocycles. The Morgan fingerprint density at radius 1 is 0.742 bits per heavy atom. The zero-order valence-electron chi connectivity index (χ0n) is 17.9. The van der Waals surface area contributed by atoms with Gasteiger partial charge in [-0.2, -0.15) is 0 Å². The van der Waals surface area contributed by atoms with Crippen LogP contribution in [-0.2, 0) is 6.42 Å². The predicted molar refractivity (Wildman–Crippen MR) is 117 cm³/mol. The smallest absolute Gasteiger partial charge is 0.166 e. The van der Waals surface area contributed by atoms with Crippen molar-refractivity contribution in [3.63, 3.8) is 0 Å². The summed E-state index contributed by atoms with van der Waals surface area (Å²) in [5.41, 5.74) is 2.04. The summed E-state index contributed by atoms with van der Waals surface area (Å²) in [5.74, 6) is -2.37. The minimum Gasteiger partial charge on any atom is -0.207 e. The summed E-state index contributed by atoms with van der Waals surface area (Å²) >= 11 is 0. The van der Waals surface area contributed by atoms with Crippen molar-refractivity contribution in [2.75, 3.05) is 0 Å². The fraction of sp³-hybridized carbons (Fsp3) is 0.407. The van der Waals surface area contributed by atoms with Gasteiger partial charge in [0.25, 0.3) is 0 Å². The zero-order valence-corrected chi connectivity index (χ0v) is 17.9. The SMILES string of the molecule is CCCCCc1cc(F)c(C2CCC(c3ccc4c(F)c(F)ccc4c3)CC2)c(F)c1. The third-order valence-corrected chi connectivity index (χ3v) is 6.75. The summed E-state index contributed by atoms with van der Waals surface area (Å²) < 4.78 is 56.9. The van der Waals surface area contributed by atoms with Gasteiger partial charge in [0.1, 0.15) is 11.6 Å². The molecule has 3 aromatic rings. The molecule has 0 spiro atoms. The Hall–Kier alpha value is -2.36. The molecule has 1 fully saturated rings. The number of aryl methyl sites for hydroxylation is 1. The quantitative estimate of drug-likeness (QED) is 0.272. The van der Waals surface area contributed by atoms with E-state index in [-0.39, 0.29) is 22.8 Å². The molecule has 164 valence electrons. The first-order valence-corrected chi connectivity index (χ1v) is 11.3.